The third-order valence-corrected chi connectivity index (χ3v) is 6.57. The van der Waals surface area contributed by atoms with Gasteiger partial charge in [0, 0.05) is 31.5 Å². The van der Waals surface area contributed by atoms with E-state index in [1.165, 1.54) is 11.0 Å². The lowest BCUT2D eigenvalue weighted by Crippen LogP contribution is -2.59. The first kappa shape index (κ1) is 34.9. The Hall–Kier alpha value is -5.29. The molecule has 6 N–H and O–H groups in total. The lowest BCUT2D eigenvalue weighted by molar-refractivity contribution is -0.383. The van der Waals surface area contributed by atoms with Crippen molar-refractivity contribution >= 4 is 53.0 Å². The van der Waals surface area contributed by atoms with Gasteiger partial charge in [-0.25, -0.2) is 10.2 Å². The smallest absolute Gasteiger partial charge is 0.425 e. The van der Waals surface area contributed by atoms with E-state index in [0.29, 0.717) is 6.42 Å². The number of aliphatic carboxylic acids is 1. The predicted molar refractivity (Wildman–Crippen MR) is 151 cm³/mol. The van der Waals surface area contributed by atoms with Crippen LogP contribution in [0.3, 0.4) is 0 Å². The maximum Gasteiger partial charge on any atom is 0.425 e. The molecule has 6 amide bonds. The second-order valence-electron chi connectivity index (χ2n) is 10.2. The molecule has 3 atom stereocenters. The number of nitro benzene ring substituents is 1. The molecule has 1 aromatic carbocycles. The molecule has 1 aromatic rings. The van der Waals surface area contributed by atoms with Crippen LogP contribution in [0.4, 0.5) is 16.2 Å². The zero-order valence-electron chi connectivity index (χ0n) is 24.5. The van der Waals surface area contributed by atoms with Crippen LogP contribution < -0.4 is 26.8 Å². The summed E-state index contributed by atoms with van der Waals surface area (Å²) in [6.45, 7) is 4.56. The number of hydrazine groups is 1. The van der Waals surface area contributed by atoms with Gasteiger partial charge in [-0.3, -0.25) is 44.3 Å². The molecule has 240 valence electrons. The minimum absolute atomic E-state index is 0.00921. The molecule has 1 aliphatic heterocycles. The fourth-order valence-electron chi connectivity index (χ4n) is 4.40. The van der Waals surface area contributed by atoms with Gasteiger partial charge >= 0.3 is 12.1 Å². The lowest BCUT2D eigenvalue weighted by Gasteiger charge is -2.29. The van der Waals surface area contributed by atoms with Gasteiger partial charge in [-0.05, 0) is 37.3 Å². The molecular weight excluding hydrogens is 586 g/mol. The van der Waals surface area contributed by atoms with E-state index < -0.39 is 82.7 Å². The molecule has 0 bridgehead atoms. The van der Waals surface area contributed by atoms with E-state index in [-0.39, 0.29) is 30.6 Å². The molecule has 1 heterocycles. The highest BCUT2D eigenvalue weighted by molar-refractivity contribution is 6.01. The van der Waals surface area contributed by atoms with Gasteiger partial charge in [-0.2, -0.15) is 0 Å². The Bertz CT molecular complexity index is 1320. The van der Waals surface area contributed by atoms with Crippen LogP contribution in [0.15, 0.2) is 18.2 Å². The van der Waals surface area contributed by atoms with Gasteiger partial charge in [0.1, 0.15) is 23.8 Å². The Morgan fingerprint density at radius 1 is 1.09 bits per heavy atom. The van der Waals surface area contributed by atoms with Gasteiger partial charge in [0.25, 0.3) is 17.5 Å². The first-order valence-electron chi connectivity index (χ1n) is 13.5. The number of likely N-dealkylation sites (tertiary alicyclic amines) is 1. The first-order chi connectivity index (χ1) is 20.7. The van der Waals surface area contributed by atoms with E-state index >= 15 is 0 Å². The van der Waals surface area contributed by atoms with E-state index in [4.69, 9.17) is 5.11 Å². The van der Waals surface area contributed by atoms with Crippen molar-refractivity contribution in [3.63, 3.8) is 0 Å². The van der Waals surface area contributed by atoms with Gasteiger partial charge in [0.05, 0.1) is 12.0 Å². The summed E-state index contributed by atoms with van der Waals surface area (Å²) in [6, 6.07) is -0.192. The maximum atomic E-state index is 13.4. The number of hydrogen-bond donors (Lipinski definition) is 6. The van der Waals surface area contributed by atoms with E-state index in [1.807, 2.05) is 10.9 Å². The Morgan fingerprint density at radius 3 is 2.34 bits per heavy atom. The zero-order chi connectivity index (χ0) is 33.1. The number of carboxylic acids is 1. The third kappa shape index (κ3) is 9.63. The number of rotatable bonds is 12. The summed E-state index contributed by atoms with van der Waals surface area (Å²) < 4.78 is 4.35. The number of carboxylic acid groups (broad SMARTS) is 1. The van der Waals surface area contributed by atoms with Crippen molar-refractivity contribution in [3.05, 3.63) is 33.9 Å². The molecule has 2 rings (SSSR count). The van der Waals surface area contributed by atoms with Crippen molar-refractivity contribution in [2.75, 3.05) is 19.0 Å². The molecule has 18 nitrogen and oxygen atoms in total. The minimum atomic E-state index is -1.40. The Kier molecular flexibility index (Phi) is 12.5. The zero-order valence-corrected chi connectivity index (χ0v) is 24.5. The number of nitro groups is 1. The van der Waals surface area contributed by atoms with Crippen LogP contribution in [0.25, 0.3) is 0 Å². The summed E-state index contributed by atoms with van der Waals surface area (Å²) in [6.07, 6.45) is -1.16. The second kappa shape index (κ2) is 15.8. The summed E-state index contributed by atoms with van der Waals surface area (Å²) in [5.74, 6) is -5.40. The fourth-order valence-corrected chi connectivity index (χ4v) is 4.40. The largest absolute Gasteiger partial charge is 0.481 e. The number of ether oxygens (including phenoxy) is 1. The molecular formula is C26H35N7O11. The number of nitrogens with one attached hydrogen (secondary N) is 5. The Labute approximate surface area is 251 Å². The van der Waals surface area contributed by atoms with Crippen LogP contribution in [0.2, 0.25) is 0 Å². The average Bonchev–Trinajstić information content (AvgIpc) is 3.45. The number of amides is 6. The molecule has 0 unspecified atom stereocenters. The molecule has 1 saturated heterocycles. The number of benzene rings is 1. The quantitative estimate of drug-likeness (QED) is 0.134. The van der Waals surface area contributed by atoms with Crippen LogP contribution in [0.1, 0.15) is 56.8 Å². The number of hydrogen-bond acceptors (Lipinski definition) is 10. The Balaban J connectivity index is 2.21. The number of carbonyl (C=O) groups excluding carboxylic acids is 6. The maximum absolute atomic E-state index is 13.4. The highest BCUT2D eigenvalue weighted by Gasteiger charge is 2.38. The van der Waals surface area contributed by atoms with Gasteiger partial charge < -0.3 is 30.7 Å². The van der Waals surface area contributed by atoms with Crippen LogP contribution in [-0.4, -0.2) is 88.3 Å². The second-order valence-corrected chi connectivity index (χ2v) is 10.2. The fraction of sp³-hybridized carbons (Fsp3) is 0.500. The number of nitrogens with zero attached hydrogens (tertiary/aromatic N) is 2. The monoisotopic (exact) mass is 621 g/mol. The molecule has 0 radical (unpaired) electrons. The summed E-state index contributed by atoms with van der Waals surface area (Å²) in [5.41, 5.74) is 3.32. The molecule has 1 fully saturated rings. The van der Waals surface area contributed by atoms with Crippen LogP contribution >= 0.6 is 0 Å². The first-order valence-corrected chi connectivity index (χ1v) is 13.5. The highest BCUT2D eigenvalue weighted by atomic mass is 16.6. The van der Waals surface area contributed by atoms with E-state index in [2.05, 4.69) is 20.7 Å². The van der Waals surface area contributed by atoms with E-state index in [9.17, 15) is 43.7 Å². The van der Waals surface area contributed by atoms with Crippen molar-refractivity contribution in [3.8, 4) is 0 Å². The van der Waals surface area contributed by atoms with Crippen LogP contribution in [-0.2, 0) is 28.7 Å². The Morgan fingerprint density at radius 2 is 1.77 bits per heavy atom. The average molecular weight is 622 g/mol. The topological polar surface area (TPSA) is 255 Å². The van der Waals surface area contributed by atoms with Crippen molar-refractivity contribution in [2.45, 2.75) is 64.6 Å². The molecule has 0 aromatic heterocycles. The molecule has 44 heavy (non-hydrogen) atoms. The van der Waals surface area contributed by atoms with Crippen LogP contribution in [0, 0.1) is 16.0 Å². The normalized spacial score (nSPS) is 15.4. The van der Waals surface area contributed by atoms with Crippen molar-refractivity contribution in [1.29, 1.82) is 0 Å². The summed E-state index contributed by atoms with van der Waals surface area (Å²) in [5, 5.41) is 27.7. The molecule has 0 aliphatic carbocycles. The van der Waals surface area contributed by atoms with Gasteiger partial charge in [0.15, 0.2) is 0 Å². The van der Waals surface area contributed by atoms with Crippen molar-refractivity contribution in [1.82, 2.24) is 26.4 Å². The van der Waals surface area contributed by atoms with Crippen molar-refractivity contribution < 1.29 is 48.3 Å². The SMILES string of the molecule is COC(=O)NNC(=O)[C@H](CCC(=O)O)NC(=O)[C@H](NC(=O)[C@@H]1CCCN1C(=O)c1ccc([N+](=O)[O-])c(NC(C)=O)c1)C(C)C. The lowest BCUT2D eigenvalue weighted by atomic mass is 10.0. The highest BCUT2D eigenvalue weighted by Crippen LogP contribution is 2.28. The summed E-state index contributed by atoms with van der Waals surface area (Å²) >= 11 is 0. The predicted octanol–water partition coefficient (Wildman–Crippen LogP) is 0.0354. The number of carbonyl (C=O) groups is 7. The minimum Gasteiger partial charge on any atom is -0.481 e. The van der Waals surface area contributed by atoms with E-state index in [1.54, 1.807) is 13.8 Å². The number of anilines is 1. The molecule has 18 heteroatoms. The summed E-state index contributed by atoms with van der Waals surface area (Å²) in [4.78, 5) is 98.3. The van der Waals surface area contributed by atoms with Gasteiger partial charge in [-0.1, -0.05) is 13.8 Å². The van der Waals surface area contributed by atoms with Crippen LogP contribution in [0.5, 0.6) is 0 Å². The molecule has 1 aliphatic rings. The summed E-state index contributed by atoms with van der Waals surface area (Å²) in [7, 11) is 1.05. The van der Waals surface area contributed by atoms with Gasteiger partial charge in [-0.15, -0.1) is 0 Å². The molecule has 0 spiro atoms. The standard InChI is InChI=1S/C26H35N7O11/c1-13(2)21(24(39)28-16(8-10-20(35)36)22(37)30-31-26(41)44-4)29-23(38)19-6-5-11-32(19)25(40)15-7-9-18(33(42)43)17(12-15)27-14(3)34/h7,9,12-13,16,19,21H,5-6,8,10-11H2,1-4H3,(H,27,34)(H,28,39)(H,29,38)(H,30,37)(H,31,41)(H,35,36)/t16-,19-,21+/m0/s1. The van der Waals surface area contributed by atoms with E-state index in [0.717, 1.165) is 26.2 Å². The molecule has 0 saturated carbocycles. The van der Waals surface area contributed by atoms with Crippen molar-refractivity contribution in [2.24, 2.45) is 5.92 Å². The van der Waals surface area contributed by atoms with Gasteiger partial charge in [0.2, 0.25) is 17.7 Å². The third-order valence-electron chi connectivity index (χ3n) is 6.57. The number of methoxy groups -OCH3 is 1.